The van der Waals surface area contributed by atoms with Crippen molar-refractivity contribution in [2.45, 2.75) is 44.4 Å². The van der Waals surface area contributed by atoms with Crippen molar-refractivity contribution in [1.29, 1.82) is 0 Å². The van der Waals surface area contributed by atoms with Crippen molar-refractivity contribution in [3.63, 3.8) is 0 Å². The van der Waals surface area contributed by atoms with Crippen molar-refractivity contribution in [3.8, 4) is 0 Å². The van der Waals surface area contributed by atoms with Crippen molar-refractivity contribution >= 4 is 21.6 Å². The van der Waals surface area contributed by atoms with E-state index in [0.717, 1.165) is 48.1 Å². The molecule has 2 heterocycles. The molecule has 2 aliphatic rings. The Morgan fingerprint density at radius 1 is 0.964 bits per heavy atom. The molecule has 0 N–H and O–H groups in total. The first-order chi connectivity index (χ1) is 13.4. The third-order valence-corrected chi connectivity index (χ3v) is 7.85. The van der Waals surface area contributed by atoms with E-state index >= 15 is 0 Å². The number of carbonyl (C=O) groups excluding carboxylic acids is 1. The van der Waals surface area contributed by atoms with Gasteiger partial charge in [0.1, 0.15) is 0 Å². The lowest BCUT2D eigenvalue weighted by Gasteiger charge is -2.30. The quantitative estimate of drug-likeness (QED) is 0.792. The normalized spacial score (nSPS) is 17.6. The number of rotatable bonds is 3. The number of aryl methyl sites for hydroxylation is 2. The van der Waals surface area contributed by atoms with E-state index < -0.39 is 10.0 Å². The Morgan fingerprint density at radius 3 is 2.46 bits per heavy atom. The lowest BCUT2D eigenvalue weighted by Crippen LogP contribution is -2.36. The number of hydrogen-bond donors (Lipinski definition) is 0. The molecule has 6 heteroatoms. The van der Waals surface area contributed by atoms with Crippen LogP contribution in [0.1, 0.15) is 46.3 Å². The second kappa shape index (κ2) is 7.33. The number of sulfonamides is 1. The lowest BCUT2D eigenvalue weighted by atomic mass is 9.98. The minimum Gasteiger partial charge on any atom is -0.308 e. The lowest BCUT2D eigenvalue weighted by molar-refractivity contribution is 0.0984. The molecule has 2 aliphatic heterocycles. The van der Waals surface area contributed by atoms with Gasteiger partial charge in [0, 0.05) is 30.9 Å². The van der Waals surface area contributed by atoms with Crippen LogP contribution in [0.25, 0.3) is 0 Å². The summed E-state index contributed by atoms with van der Waals surface area (Å²) in [5, 5.41) is 0. The average molecular weight is 399 g/mol. The van der Waals surface area contributed by atoms with Gasteiger partial charge in [0.05, 0.1) is 4.90 Å². The van der Waals surface area contributed by atoms with Gasteiger partial charge >= 0.3 is 0 Å². The number of fused-ring (bicyclic) bond motifs is 1. The average Bonchev–Trinajstić information content (AvgIpc) is 3.24. The van der Waals surface area contributed by atoms with Crippen LogP contribution in [0, 0.1) is 13.8 Å². The van der Waals surface area contributed by atoms with Crippen LogP contribution < -0.4 is 4.90 Å². The summed E-state index contributed by atoms with van der Waals surface area (Å²) in [5.41, 5.74) is 4.56. The summed E-state index contributed by atoms with van der Waals surface area (Å²) >= 11 is 0. The van der Waals surface area contributed by atoms with Crippen LogP contribution in [0.15, 0.2) is 41.3 Å². The van der Waals surface area contributed by atoms with Crippen LogP contribution >= 0.6 is 0 Å². The van der Waals surface area contributed by atoms with E-state index in [1.54, 1.807) is 27.4 Å². The van der Waals surface area contributed by atoms with Crippen LogP contribution in [0.2, 0.25) is 0 Å². The highest BCUT2D eigenvalue weighted by atomic mass is 32.2. The monoisotopic (exact) mass is 398 g/mol. The third kappa shape index (κ3) is 3.25. The van der Waals surface area contributed by atoms with Crippen molar-refractivity contribution in [2.75, 3.05) is 24.5 Å². The Labute approximate surface area is 167 Å². The summed E-state index contributed by atoms with van der Waals surface area (Å²) in [6.07, 6.45) is 3.46. The predicted octanol–water partition coefficient (Wildman–Crippen LogP) is 3.68. The van der Waals surface area contributed by atoms with Gasteiger partial charge in [0.25, 0.3) is 5.91 Å². The maximum absolute atomic E-state index is 13.2. The van der Waals surface area contributed by atoms with E-state index in [0.29, 0.717) is 30.1 Å². The van der Waals surface area contributed by atoms with Gasteiger partial charge in [0.2, 0.25) is 10.0 Å². The molecule has 1 fully saturated rings. The minimum absolute atomic E-state index is 0.0164. The number of carbonyl (C=O) groups is 1. The molecular formula is C22H26N2O3S. The van der Waals surface area contributed by atoms with Gasteiger partial charge < -0.3 is 4.90 Å². The number of hydrogen-bond acceptors (Lipinski definition) is 3. The minimum atomic E-state index is -3.44. The fraction of sp³-hybridized carbons (Fsp3) is 0.409. The molecule has 28 heavy (non-hydrogen) atoms. The van der Waals surface area contributed by atoms with Gasteiger partial charge in [-0.1, -0.05) is 12.1 Å². The molecule has 2 aromatic carbocycles. The molecule has 0 bridgehead atoms. The van der Waals surface area contributed by atoms with Gasteiger partial charge in [0.15, 0.2) is 0 Å². The highest BCUT2D eigenvalue weighted by Crippen LogP contribution is 2.32. The van der Waals surface area contributed by atoms with Gasteiger partial charge in [-0.25, -0.2) is 8.42 Å². The van der Waals surface area contributed by atoms with Crippen molar-refractivity contribution in [3.05, 3.63) is 58.7 Å². The first-order valence-corrected chi connectivity index (χ1v) is 11.3. The van der Waals surface area contributed by atoms with Gasteiger partial charge in [-0.15, -0.1) is 0 Å². The summed E-state index contributed by atoms with van der Waals surface area (Å²) in [7, 11) is -3.44. The standard InChI is InChI=1S/C22H26N2O3S/c1-16-7-5-9-20(17(16)2)22(25)24-14-6-8-18-15-19(10-11-21(18)24)28(26,27)23-12-3-4-13-23/h5,7,9-11,15H,3-4,6,8,12-14H2,1-2H3. The molecule has 0 spiro atoms. The van der Waals surface area contributed by atoms with Crippen LogP contribution in [0.5, 0.6) is 0 Å². The molecule has 0 atom stereocenters. The summed E-state index contributed by atoms with van der Waals surface area (Å²) in [4.78, 5) is 15.4. The zero-order chi connectivity index (χ0) is 19.9. The highest BCUT2D eigenvalue weighted by Gasteiger charge is 2.30. The number of benzene rings is 2. The maximum Gasteiger partial charge on any atom is 0.258 e. The van der Waals surface area contributed by atoms with E-state index in [1.807, 2.05) is 32.0 Å². The molecule has 0 radical (unpaired) electrons. The van der Waals surface area contributed by atoms with Gasteiger partial charge in [-0.2, -0.15) is 4.31 Å². The molecule has 0 unspecified atom stereocenters. The topological polar surface area (TPSA) is 57.7 Å². The Kier molecular flexibility index (Phi) is 5.02. The molecule has 2 aromatic rings. The van der Waals surface area contributed by atoms with Crippen molar-refractivity contribution < 1.29 is 13.2 Å². The zero-order valence-electron chi connectivity index (χ0n) is 16.4. The van der Waals surface area contributed by atoms with Crippen LogP contribution in [0.4, 0.5) is 5.69 Å². The number of anilines is 1. The fourth-order valence-electron chi connectivity index (χ4n) is 4.15. The largest absolute Gasteiger partial charge is 0.308 e. The first-order valence-electron chi connectivity index (χ1n) is 9.91. The van der Waals surface area contributed by atoms with E-state index in [-0.39, 0.29) is 5.91 Å². The van der Waals surface area contributed by atoms with Crippen LogP contribution in [-0.2, 0) is 16.4 Å². The summed E-state index contributed by atoms with van der Waals surface area (Å²) < 4.78 is 27.3. The molecular weight excluding hydrogens is 372 g/mol. The van der Waals surface area contributed by atoms with E-state index in [9.17, 15) is 13.2 Å². The summed E-state index contributed by atoms with van der Waals surface area (Å²) in [6.45, 7) is 5.82. The third-order valence-electron chi connectivity index (χ3n) is 5.95. The Balaban J connectivity index is 1.69. The summed E-state index contributed by atoms with van der Waals surface area (Å²) in [5.74, 6) is -0.0164. The Bertz CT molecular complexity index is 1020. The summed E-state index contributed by atoms with van der Waals surface area (Å²) in [6, 6.07) is 11.0. The van der Waals surface area contributed by atoms with Crippen LogP contribution in [-0.4, -0.2) is 38.3 Å². The van der Waals surface area contributed by atoms with Gasteiger partial charge in [-0.3, -0.25) is 4.79 Å². The molecule has 148 valence electrons. The highest BCUT2D eigenvalue weighted by molar-refractivity contribution is 7.89. The second-order valence-electron chi connectivity index (χ2n) is 7.71. The second-order valence-corrected chi connectivity index (χ2v) is 9.65. The van der Waals surface area contributed by atoms with E-state index in [2.05, 4.69) is 0 Å². The van der Waals surface area contributed by atoms with Crippen molar-refractivity contribution in [1.82, 2.24) is 4.31 Å². The number of amides is 1. The molecule has 1 saturated heterocycles. The molecule has 0 saturated carbocycles. The van der Waals surface area contributed by atoms with E-state index in [1.165, 1.54) is 0 Å². The van der Waals surface area contributed by atoms with Crippen molar-refractivity contribution in [2.24, 2.45) is 0 Å². The first kappa shape index (κ1) is 19.2. The smallest absolute Gasteiger partial charge is 0.258 e. The molecule has 4 rings (SSSR count). The Hall–Kier alpha value is -2.18. The number of nitrogens with zero attached hydrogens (tertiary/aromatic N) is 2. The predicted molar refractivity (Wildman–Crippen MR) is 110 cm³/mol. The molecule has 5 nitrogen and oxygen atoms in total. The molecule has 0 aromatic heterocycles. The zero-order valence-corrected chi connectivity index (χ0v) is 17.3. The molecule has 1 amide bonds. The Morgan fingerprint density at radius 2 is 1.71 bits per heavy atom. The van der Waals surface area contributed by atoms with E-state index in [4.69, 9.17) is 0 Å². The maximum atomic E-state index is 13.2. The van der Waals surface area contributed by atoms with Gasteiger partial charge in [-0.05, 0) is 80.5 Å². The van der Waals surface area contributed by atoms with Crippen LogP contribution in [0.3, 0.4) is 0 Å². The fourth-order valence-corrected chi connectivity index (χ4v) is 5.72. The SMILES string of the molecule is Cc1cccc(C(=O)N2CCCc3cc(S(=O)(=O)N4CCCC4)ccc32)c1C. The molecule has 0 aliphatic carbocycles.